The molecule has 7 nitrogen and oxygen atoms in total. The van der Waals surface area contributed by atoms with Gasteiger partial charge >= 0.3 is 6.09 Å². The highest BCUT2D eigenvalue weighted by molar-refractivity contribution is 5.86. The molecule has 0 aromatic heterocycles. The van der Waals surface area contributed by atoms with Crippen molar-refractivity contribution in [2.45, 2.75) is 58.1 Å². The number of rotatable bonds is 9. The Kier molecular flexibility index (Phi) is 8.61. The van der Waals surface area contributed by atoms with Gasteiger partial charge in [-0.15, -0.1) is 0 Å². The molecule has 0 heterocycles. The van der Waals surface area contributed by atoms with E-state index in [4.69, 9.17) is 10.5 Å². The second kappa shape index (κ2) is 10.4. The summed E-state index contributed by atoms with van der Waals surface area (Å²) in [5, 5.41) is 5.31. The maximum absolute atomic E-state index is 12.0. The maximum Gasteiger partial charge on any atom is 0.407 e. The average Bonchev–Trinajstić information content (AvgIpc) is 2.53. The molecular weight excluding hydrogens is 334 g/mol. The van der Waals surface area contributed by atoms with Crippen molar-refractivity contribution in [2.75, 3.05) is 6.54 Å². The molecule has 0 saturated heterocycles. The molecule has 0 radical (unpaired) electrons. The number of amides is 3. The Morgan fingerprint density at radius 2 is 1.77 bits per heavy atom. The Bertz CT molecular complexity index is 597. The third-order valence-electron chi connectivity index (χ3n) is 3.46. The van der Waals surface area contributed by atoms with Gasteiger partial charge in [0.05, 0.1) is 0 Å². The summed E-state index contributed by atoms with van der Waals surface area (Å²) in [7, 11) is 0. The SMILES string of the molecule is CC(C)(C)OC(=O)NCCCCC(=O)NC(Cc1ccccc1)C(N)=O. The predicted molar refractivity (Wildman–Crippen MR) is 99.4 cm³/mol. The van der Waals surface area contributed by atoms with Crippen LogP contribution < -0.4 is 16.4 Å². The number of nitrogens with two attached hydrogens (primary N) is 1. The molecule has 4 N–H and O–H groups in total. The quantitative estimate of drug-likeness (QED) is 0.582. The van der Waals surface area contributed by atoms with Crippen LogP contribution in [0.4, 0.5) is 4.79 Å². The largest absolute Gasteiger partial charge is 0.444 e. The zero-order valence-corrected chi connectivity index (χ0v) is 15.7. The van der Waals surface area contributed by atoms with Gasteiger partial charge in [0.15, 0.2) is 0 Å². The fourth-order valence-corrected chi connectivity index (χ4v) is 2.25. The van der Waals surface area contributed by atoms with E-state index in [1.54, 1.807) is 20.8 Å². The fourth-order valence-electron chi connectivity index (χ4n) is 2.25. The molecular formula is C19H29N3O4. The van der Waals surface area contributed by atoms with Crippen LogP contribution in [-0.4, -0.2) is 36.1 Å². The van der Waals surface area contributed by atoms with Crippen molar-refractivity contribution in [2.24, 2.45) is 5.73 Å². The van der Waals surface area contributed by atoms with Crippen molar-refractivity contribution in [1.82, 2.24) is 10.6 Å². The van der Waals surface area contributed by atoms with Crippen LogP contribution in [0.2, 0.25) is 0 Å². The lowest BCUT2D eigenvalue weighted by molar-refractivity contribution is -0.127. The standard InChI is InChI=1S/C19H29N3O4/c1-19(2,3)26-18(25)21-12-8-7-11-16(23)22-15(17(20)24)13-14-9-5-4-6-10-14/h4-6,9-10,15H,7-8,11-13H2,1-3H3,(H2,20,24)(H,21,25)(H,22,23). The second-order valence-corrected chi connectivity index (χ2v) is 7.10. The van der Waals surface area contributed by atoms with Gasteiger partial charge < -0.3 is 21.1 Å². The van der Waals surface area contributed by atoms with Crippen LogP contribution in [0.3, 0.4) is 0 Å². The van der Waals surface area contributed by atoms with Gasteiger partial charge in [-0.05, 0) is 39.2 Å². The molecule has 3 amide bonds. The van der Waals surface area contributed by atoms with Gasteiger partial charge in [-0.1, -0.05) is 30.3 Å². The van der Waals surface area contributed by atoms with E-state index >= 15 is 0 Å². The Labute approximate surface area is 154 Å². The minimum atomic E-state index is -0.732. The third-order valence-corrected chi connectivity index (χ3v) is 3.46. The van der Waals surface area contributed by atoms with Gasteiger partial charge in [0.1, 0.15) is 11.6 Å². The first-order valence-electron chi connectivity index (χ1n) is 8.77. The van der Waals surface area contributed by atoms with Crippen molar-refractivity contribution in [1.29, 1.82) is 0 Å². The monoisotopic (exact) mass is 363 g/mol. The molecule has 1 aromatic rings. The van der Waals surface area contributed by atoms with Crippen LogP contribution in [-0.2, 0) is 20.7 Å². The molecule has 144 valence electrons. The highest BCUT2D eigenvalue weighted by Gasteiger charge is 2.18. The van der Waals surface area contributed by atoms with E-state index in [0.717, 1.165) is 5.56 Å². The first kappa shape index (κ1) is 21.5. The zero-order valence-electron chi connectivity index (χ0n) is 15.7. The molecule has 0 fully saturated rings. The summed E-state index contributed by atoms with van der Waals surface area (Å²) in [6.45, 7) is 5.80. The smallest absolute Gasteiger partial charge is 0.407 e. The van der Waals surface area contributed by atoms with Crippen molar-refractivity contribution in [3.05, 3.63) is 35.9 Å². The average molecular weight is 363 g/mol. The van der Waals surface area contributed by atoms with Crippen LogP contribution in [0.15, 0.2) is 30.3 Å². The molecule has 0 aliphatic heterocycles. The van der Waals surface area contributed by atoms with Gasteiger partial charge in [0.25, 0.3) is 0 Å². The van der Waals surface area contributed by atoms with Gasteiger partial charge in [0, 0.05) is 19.4 Å². The Morgan fingerprint density at radius 1 is 1.12 bits per heavy atom. The lowest BCUT2D eigenvalue weighted by Crippen LogP contribution is -2.45. The number of benzene rings is 1. The number of unbranched alkanes of at least 4 members (excludes halogenated alkanes) is 1. The number of ether oxygens (including phenoxy) is 1. The van der Waals surface area contributed by atoms with Crippen molar-refractivity contribution in [3.63, 3.8) is 0 Å². The molecule has 1 unspecified atom stereocenters. The highest BCUT2D eigenvalue weighted by atomic mass is 16.6. The van der Waals surface area contributed by atoms with E-state index in [-0.39, 0.29) is 12.3 Å². The number of primary amides is 1. The molecule has 0 bridgehead atoms. The van der Waals surface area contributed by atoms with E-state index in [1.807, 2.05) is 30.3 Å². The molecule has 1 aromatic carbocycles. The molecule has 0 aliphatic carbocycles. The molecule has 0 saturated carbocycles. The molecule has 7 heteroatoms. The number of carbonyl (C=O) groups excluding carboxylic acids is 3. The van der Waals surface area contributed by atoms with E-state index < -0.39 is 23.6 Å². The van der Waals surface area contributed by atoms with Crippen LogP contribution in [0.5, 0.6) is 0 Å². The van der Waals surface area contributed by atoms with E-state index in [9.17, 15) is 14.4 Å². The summed E-state index contributed by atoms with van der Waals surface area (Å²) >= 11 is 0. The van der Waals surface area contributed by atoms with E-state index in [1.165, 1.54) is 0 Å². The third kappa shape index (κ3) is 9.66. The molecule has 26 heavy (non-hydrogen) atoms. The highest BCUT2D eigenvalue weighted by Crippen LogP contribution is 2.07. The maximum atomic E-state index is 12.0. The lowest BCUT2D eigenvalue weighted by atomic mass is 10.1. The number of carbonyl (C=O) groups is 3. The first-order chi connectivity index (χ1) is 12.2. The summed E-state index contributed by atoms with van der Waals surface area (Å²) in [5.41, 5.74) is 5.77. The molecule has 0 aliphatic rings. The van der Waals surface area contributed by atoms with Gasteiger partial charge in [-0.3, -0.25) is 9.59 Å². The Morgan fingerprint density at radius 3 is 2.35 bits per heavy atom. The first-order valence-corrected chi connectivity index (χ1v) is 8.77. The normalized spacial score (nSPS) is 12.1. The van der Waals surface area contributed by atoms with Gasteiger partial charge in [-0.2, -0.15) is 0 Å². The zero-order chi connectivity index (χ0) is 19.6. The van der Waals surface area contributed by atoms with Gasteiger partial charge in [0.2, 0.25) is 11.8 Å². The molecule has 1 rings (SSSR count). The van der Waals surface area contributed by atoms with E-state index in [2.05, 4.69) is 10.6 Å². The minimum absolute atomic E-state index is 0.234. The number of alkyl carbamates (subject to hydrolysis) is 1. The number of nitrogens with one attached hydrogen (secondary N) is 2. The summed E-state index contributed by atoms with van der Waals surface area (Å²) in [5.74, 6) is -0.796. The topological polar surface area (TPSA) is 111 Å². The van der Waals surface area contributed by atoms with Crippen molar-refractivity contribution >= 4 is 17.9 Å². The molecule has 0 spiro atoms. The summed E-state index contributed by atoms with van der Waals surface area (Å²) in [6, 6.07) is 8.64. The Balaban J connectivity index is 2.27. The second-order valence-electron chi connectivity index (χ2n) is 7.10. The van der Waals surface area contributed by atoms with Crippen LogP contribution >= 0.6 is 0 Å². The van der Waals surface area contributed by atoms with E-state index in [0.29, 0.717) is 25.8 Å². The van der Waals surface area contributed by atoms with Crippen LogP contribution in [0.1, 0.15) is 45.6 Å². The minimum Gasteiger partial charge on any atom is -0.444 e. The number of hydrogen-bond acceptors (Lipinski definition) is 4. The van der Waals surface area contributed by atoms with Gasteiger partial charge in [-0.25, -0.2) is 4.79 Å². The number of hydrogen-bond donors (Lipinski definition) is 3. The fraction of sp³-hybridized carbons (Fsp3) is 0.526. The van der Waals surface area contributed by atoms with Crippen LogP contribution in [0.25, 0.3) is 0 Å². The van der Waals surface area contributed by atoms with Crippen molar-refractivity contribution < 1.29 is 19.1 Å². The summed E-state index contributed by atoms with van der Waals surface area (Å²) < 4.78 is 5.12. The Hall–Kier alpha value is -2.57. The lowest BCUT2D eigenvalue weighted by Gasteiger charge is -2.19. The summed E-state index contributed by atoms with van der Waals surface area (Å²) in [6.07, 6.45) is 1.36. The predicted octanol–water partition coefficient (Wildman–Crippen LogP) is 1.89. The van der Waals surface area contributed by atoms with Crippen LogP contribution in [0, 0.1) is 0 Å². The molecule has 1 atom stereocenters. The van der Waals surface area contributed by atoms with Crippen molar-refractivity contribution in [3.8, 4) is 0 Å². The summed E-state index contributed by atoms with van der Waals surface area (Å²) in [4.78, 5) is 35.0.